The van der Waals surface area contributed by atoms with E-state index in [0.717, 1.165) is 17.8 Å². The fraction of sp³-hybridized carbons (Fsp3) is 1.00. The smallest absolute Gasteiger partial charge is 0.427 e. The van der Waals surface area contributed by atoms with Crippen LogP contribution >= 0.6 is 0 Å². The van der Waals surface area contributed by atoms with E-state index in [4.69, 9.17) is 10.0 Å². The van der Waals surface area contributed by atoms with E-state index in [-0.39, 0.29) is 0 Å². The Kier molecular flexibility index (Phi) is 2.17. The molecule has 2 aliphatic rings. The second-order valence-corrected chi connectivity index (χ2v) is 4.69. The largest absolute Gasteiger partial charge is 0.451 e. The van der Waals surface area contributed by atoms with Gasteiger partial charge in [0, 0.05) is 0 Å². The molecule has 0 unspecified atom stereocenters. The summed E-state index contributed by atoms with van der Waals surface area (Å²) in [6.45, 7) is 0. The lowest BCUT2D eigenvalue weighted by Gasteiger charge is -2.54. The fourth-order valence-electron chi connectivity index (χ4n) is 2.84. The van der Waals surface area contributed by atoms with Gasteiger partial charge in [0.25, 0.3) is 0 Å². The zero-order chi connectivity index (χ0) is 8.60. The monoisotopic (exact) mass is 168 g/mol. The van der Waals surface area contributed by atoms with E-state index in [2.05, 4.69) is 0 Å². The lowest BCUT2D eigenvalue weighted by Crippen LogP contribution is -2.42. The van der Waals surface area contributed by atoms with Crippen LogP contribution in [-0.2, 0) is 0 Å². The molecule has 0 heterocycles. The van der Waals surface area contributed by atoms with Gasteiger partial charge in [0.2, 0.25) is 0 Å². The van der Waals surface area contributed by atoms with Crippen molar-refractivity contribution in [2.45, 2.75) is 44.8 Å². The number of hydrogen-bond donors (Lipinski definition) is 2. The van der Waals surface area contributed by atoms with Crippen molar-refractivity contribution in [3.05, 3.63) is 0 Å². The van der Waals surface area contributed by atoms with Gasteiger partial charge in [0.1, 0.15) is 0 Å². The Morgan fingerprint density at radius 2 is 1.92 bits per heavy atom. The lowest BCUT2D eigenvalue weighted by atomic mass is 9.50. The standard InChI is InChI=1S/C9H17BO2/c11-10(12)5-2-8-6-9(7-8)3-1-4-9/h8,11-12H,1-7H2. The van der Waals surface area contributed by atoms with Crippen molar-refractivity contribution in [3.8, 4) is 0 Å². The van der Waals surface area contributed by atoms with Gasteiger partial charge in [-0.15, -0.1) is 0 Å². The van der Waals surface area contributed by atoms with Gasteiger partial charge in [-0.2, -0.15) is 0 Å². The maximum atomic E-state index is 8.68. The first kappa shape index (κ1) is 8.58. The average molecular weight is 168 g/mol. The Labute approximate surface area is 74.1 Å². The maximum absolute atomic E-state index is 8.68. The van der Waals surface area contributed by atoms with Crippen LogP contribution in [0.15, 0.2) is 0 Å². The molecule has 12 heavy (non-hydrogen) atoms. The summed E-state index contributed by atoms with van der Waals surface area (Å²) >= 11 is 0. The summed E-state index contributed by atoms with van der Waals surface area (Å²) in [5, 5.41) is 17.4. The molecular formula is C9H17BO2. The van der Waals surface area contributed by atoms with Crippen LogP contribution in [0, 0.1) is 11.3 Å². The lowest BCUT2D eigenvalue weighted by molar-refractivity contribution is -0.0261. The highest BCUT2D eigenvalue weighted by atomic mass is 16.4. The molecule has 0 bridgehead atoms. The highest BCUT2D eigenvalue weighted by Gasteiger charge is 2.47. The summed E-state index contributed by atoms with van der Waals surface area (Å²) in [5.41, 5.74) is 0.741. The molecule has 1 spiro atoms. The quantitative estimate of drug-likeness (QED) is 0.625. The molecule has 2 nitrogen and oxygen atoms in total. The van der Waals surface area contributed by atoms with E-state index in [0.29, 0.717) is 6.32 Å². The molecule has 0 radical (unpaired) electrons. The van der Waals surface area contributed by atoms with Gasteiger partial charge in [0.05, 0.1) is 0 Å². The average Bonchev–Trinajstić information content (AvgIpc) is 1.79. The summed E-state index contributed by atoms with van der Waals surface area (Å²) < 4.78 is 0. The molecule has 0 amide bonds. The Morgan fingerprint density at radius 3 is 2.33 bits per heavy atom. The van der Waals surface area contributed by atoms with Crippen LogP contribution in [0.1, 0.15) is 38.5 Å². The fourth-order valence-corrected chi connectivity index (χ4v) is 2.84. The summed E-state index contributed by atoms with van der Waals surface area (Å²) in [6.07, 6.45) is 8.60. The molecule has 68 valence electrons. The minimum atomic E-state index is -1.08. The summed E-state index contributed by atoms with van der Waals surface area (Å²) in [6, 6.07) is 0. The predicted octanol–water partition coefficient (Wildman–Crippen LogP) is 1.43. The molecule has 0 aromatic heterocycles. The SMILES string of the molecule is OB(O)CCC1CC2(CCC2)C1. The highest BCUT2D eigenvalue weighted by Crippen LogP contribution is 2.59. The van der Waals surface area contributed by atoms with Gasteiger partial charge in [-0.3, -0.25) is 0 Å². The molecule has 2 fully saturated rings. The number of hydrogen-bond acceptors (Lipinski definition) is 2. The topological polar surface area (TPSA) is 40.5 Å². The summed E-state index contributed by atoms with van der Waals surface area (Å²) in [4.78, 5) is 0. The van der Waals surface area contributed by atoms with Crippen LogP contribution in [0.2, 0.25) is 6.32 Å². The first-order valence-electron chi connectivity index (χ1n) is 5.06. The van der Waals surface area contributed by atoms with Crippen molar-refractivity contribution in [2.75, 3.05) is 0 Å². The van der Waals surface area contributed by atoms with Crippen LogP contribution < -0.4 is 0 Å². The van der Waals surface area contributed by atoms with Crippen molar-refractivity contribution in [1.82, 2.24) is 0 Å². The molecular weight excluding hydrogens is 151 g/mol. The van der Waals surface area contributed by atoms with Gasteiger partial charge < -0.3 is 10.0 Å². The molecule has 2 saturated carbocycles. The van der Waals surface area contributed by atoms with E-state index in [9.17, 15) is 0 Å². The van der Waals surface area contributed by atoms with Crippen LogP contribution in [0.3, 0.4) is 0 Å². The van der Waals surface area contributed by atoms with Gasteiger partial charge in [0.15, 0.2) is 0 Å². The predicted molar refractivity (Wildman–Crippen MR) is 48.6 cm³/mol. The first-order chi connectivity index (χ1) is 5.70. The van der Waals surface area contributed by atoms with E-state index < -0.39 is 7.12 Å². The van der Waals surface area contributed by atoms with Crippen molar-refractivity contribution >= 4 is 7.12 Å². The van der Waals surface area contributed by atoms with Crippen LogP contribution in [0.4, 0.5) is 0 Å². The zero-order valence-electron chi connectivity index (χ0n) is 7.50. The first-order valence-corrected chi connectivity index (χ1v) is 5.06. The summed E-state index contributed by atoms with van der Waals surface area (Å²) in [5.74, 6) is 0.798. The van der Waals surface area contributed by atoms with Gasteiger partial charge in [-0.1, -0.05) is 12.8 Å². The van der Waals surface area contributed by atoms with E-state index >= 15 is 0 Å². The second kappa shape index (κ2) is 3.04. The third kappa shape index (κ3) is 1.53. The molecule has 0 atom stereocenters. The van der Waals surface area contributed by atoms with Crippen molar-refractivity contribution in [3.63, 3.8) is 0 Å². The Balaban J connectivity index is 1.62. The Hall–Kier alpha value is -0.0151. The molecule has 0 saturated heterocycles. The van der Waals surface area contributed by atoms with Crippen LogP contribution in [0.5, 0.6) is 0 Å². The molecule has 2 rings (SSSR count). The zero-order valence-corrected chi connectivity index (χ0v) is 7.50. The Bertz CT molecular complexity index is 158. The summed E-state index contributed by atoms with van der Waals surface area (Å²) in [7, 11) is -1.08. The molecule has 2 N–H and O–H groups in total. The van der Waals surface area contributed by atoms with Crippen molar-refractivity contribution < 1.29 is 10.0 Å². The molecule has 3 heteroatoms. The van der Waals surface area contributed by atoms with Gasteiger partial charge in [-0.25, -0.2) is 0 Å². The number of rotatable bonds is 3. The van der Waals surface area contributed by atoms with E-state index in [1.165, 1.54) is 32.1 Å². The van der Waals surface area contributed by atoms with Gasteiger partial charge >= 0.3 is 7.12 Å². The molecule has 2 aliphatic carbocycles. The van der Waals surface area contributed by atoms with Crippen LogP contribution in [-0.4, -0.2) is 17.2 Å². The van der Waals surface area contributed by atoms with Gasteiger partial charge in [-0.05, 0) is 43.3 Å². The minimum absolute atomic E-state index is 0.570. The maximum Gasteiger partial charge on any atom is 0.451 e. The minimum Gasteiger partial charge on any atom is -0.427 e. The van der Waals surface area contributed by atoms with Crippen molar-refractivity contribution in [1.29, 1.82) is 0 Å². The van der Waals surface area contributed by atoms with E-state index in [1.807, 2.05) is 0 Å². The molecule has 0 aromatic carbocycles. The third-order valence-corrected chi connectivity index (χ3v) is 3.69. The highest BCUT2D eigenvalue weighted by molar-refractivity contribution is 6.40. The van der Waals surface area contributed by atoms with Crippen LogP contribution in [0.25, 0.3) is 0 Å². The Morgan fingerprint density at radius 1 is 1.25 bits per heavy atom. The molecule has 0 aromatic rings. The molecule has 0 aliphatic heterocycles. The third-order valence-electron chi connectivity index (χ3n) is 3.69. The van der Waals surface area contributed by atoms with E-state index in [1.54, 1.807) is 0 Å². The normalized spacial score (nSPS) is 26.5. The second-order valence-electron chi connectivity index (χ2n) is 4.69. The van der Waals surface area contributed by atoms with Crippen molar-refractivity contribution in [2.24, 2.45) is 11.3 Å².